The van der Waals surface area contributed by atoms with Crippen molar-refractivity contribution in [2.45, 2.75) is 290 Å². The van der Waals surface area contributed by atoms with Gasteiger partial charge in [-0.25, -0.2) is 19.2 Å². The molecular weight excluding hydrogens is 1470 g/mol. The van der Waals surface area contributed by atoms with Gasteiger partial charge in [0.25, 0.3) is 0 Å². The van der Waals surface area contributed by atoms with Crippen molar-refractivity contribution < 1.29 is 124 Å². The molecule has 0 radical (unpaired) electrons. The standard InChI is InChI=1S/C75H127N11O26/c1-9-17-39-105-65(94)35-28-54(72(101)109-43-21-13-5)82-61(90)47-77-58(87)33-26-52(70(99)79-49-63(92)84-56(74(103)111-45-23-15-7)30-37-67(96)107-41-19-11-3)81-60(89)32-25-51(76)69(98)86-53(71(100)80-50-64(93)85-57(75(104)112-46-24-16-8)31-38-68(97)108-42-20-12-4)27-34-59(88)78-48-62(91)83-55(73(102)110-44-22-14-6)29-36-66(95)106-40-18-10-2/h51-57H,9-50,76H2,1-8H3,(H,77,87)(H,78,88)(H,79,99)(H,80,100)(H,81,89)(H,82,90)(H,83,91)(H,84,92)(H,85,93)(H,86,98). The smallest absolute Gasteiger partial charge is 0.328 e. The van der Waals surface area contributed by atoms with Crippen molar-refractivity contribution in [2.75, 3.05) is 79.0 Å². The number of rotatable bonds is 66. The number of carbonyl (C=O) groups is 18. The first kappa shape index (κ1) is 102. The summed E-state index contributed by atoms with van der Waals surface area (Å²) in [4.78, 5) is 238. The molecule has 0 aliphatic rings. The van der Waals surface area contributed by atoms with E-state index in [0.29, 0.717) is 77.0 Å². The minimum Gasteiger partial charge on any atom is -0.466 e. The Labute approximate surface area is 656 Å². The van der Waals surface area contributed by atoms with Gasteiger partial charge in [0.2, 0.25) is 59.1 Å². The summed E-state index contributed by atoms with van der Waals surface area (Å²) >= 11 is 0. The number of hydrogen-bond donors (Lipinski definition) is 11. The highest BCUT2D eigenvalue weighted by atomic mass is 16.6. The monoisotopic (exact) mass is 1600 g/mol. The number of ether oxygens (including phenoxy) is 8. The van der Waals surface area contributed by atoms with Crippen LogP contribution in [0.2, 0.25) is 0 Å². The van der Waals surface area contributed by atoms with Crippen molar-refractivity contribution >= 4 is 107 Å². The molecule has 0 saturated heterocycles. The lowest BCUT2D eigenvalue weighted by Gasteiger charge is -2.22. The normalized spacial score (nSPS) is 12.6. The third kappa shape index (κ3) is 52.6. The second-order valence-corrected chi connectivity index (χ2v) is 26.4. The fourth-order valence-corrected chi connectivity index (χ4v) is 9.47. The molecule has 0 heterocycles. The molecule has 37 heteroatoms. The third-order valence-corrected chi connectivity index (χ3v) is 16.4. The molecule has 0 bridgehead atoms. The van der Waals surface area contributed by atoms with Crippen LogP contribution in [-0.4, -0.2) is 228 Å². The maximum Gasteiger partial charge on any atom is 0.328 e. The summed E-state index contributed by atoms with van der Waals surface area (Å²) in [5.74, 6) is -15.5. The van der Waals surface area contributed by atoms with Gasteiger partial charge in [0.15, 0.2) is 0 Å². The maximum atomic E-state index is 14.0. The van der Waals surface area contributed by atoms with Crippen LogP contribution < -0.4 is 58.9 Å². The summed E-state index contributed by atoms with van der Waals surface area (Å²) < 4.78 is 41.9. The minimum atomic E-state index is -1.71. The molecule has 0 spiro atoms. The number of hydrogen-bond acceptors (Lipinski definition) is 27. The molecule has 7 atom stereocenters. The molecule has 7 unspecified atom stereocenters. The van der Waals surface area contributed by atoms with E-state index in [1.54, 1.807) is 0 Å². The second-order valence-electron chi connectivity index (χ2n) is 26.4. The Morgan fingerprint density at radius 3 is 0.705 bits per heavy atom. The van der Waals surface area contributed by atoms with Crippen LogP contribution in [0.4, 0.5) is 0 Å². The molecule has 0 aromatic rings. The van der Waals surface area contributed by atoms with Crippen LogP contribution in [0.3, 0.4) is 0 Å². The number of carbonyl (C=O) groups excluding carboxylic acids is 18. The summed E-state index contributed by atoms with van der Waals surface area (Å²) in [6.07, 6.45) is 4.73. The first-order chi connectivity index (χ1) is 53.6. The van der Waals surface area contributed by atoms with Crippen LogP contribution in [0.25, 0.3) is 0 Å². The summed E-state index contributed by atoms with van der Waals surface area (Å²) in [6.45, 7) is 12.6. The molecule has 0 aliphatic carbocycles. The molecule has 0 aromatic heterocycles. The number of esters is 8. The third-order valence-electron chi connectivity index (χ3n) is 16.4. The zero-order chi connectivity index (χ0) is 83.9. The Kier molecular flexibility index (Phi) is 59.5. The number of amides is 10. The second kappa shape index (κ2) is 65.0. The van der Waals surface area contributed by atoms with E-state index in [0.717, 1.165) is 25.7 Å². The van der Waals surface area contributed by atoms with E-state index in [-0.39, 0.29) is 104 Å². The zero-order valence-corrected chi connectivity index (χ0v) is 66.9. The van der Waals surface area contributed by atoms with Crippen molar-refractivity contribution in [1.82, 2.24) is 53.2 Å². The molecule has 37 nitrogen and oxygen atoms in total. The van der Waals surface area contributed by atoms with Gasteiger partial charge in [0.1, 0.15) is 36.3 Å². The lowest BCUT2D eigenvalue weighted by Crippen LogP contribution is -2.54. The Morgan fingerprint density at radius 2 is 0.446 bits per heavy atom. The van der Waals surface area contributed by atoms with Crippen LogP contribution in [0.1, 0.15) is 248 Å². The van der Waals surface area contributed by atoms with Crippen molar-refractivity contribution in [3.63, 3.8) is 0 Å². The predicted molar refractivity (Wildman–Crippen MR) is 403 cm³/mol. The minimum absolute atomic E-state index is 0.000361. The van der Waals surface area contributed by atoms with Crippen molar-refractivity contribution in [2.24, 2.45) is 5.73 Å². The van der Waals surface area contributed by atoms with Gasteiger partial charge in [-0.15, -0.1) is 0 Å². The van der Waals surface area contributed by atoms with Crippen LogP contribution in [0.5, 0.6) is 0 Å². The molecule has 112 heavy (non-hydrogen) atoms. The number of nitrogens with one attached hydrogen (secondary N) is 10. The zero-order valence-electron chi connectivity index (χ0n) is 66.9. The molecule has 0 rings (SSSR count). The summed E-state index contributed by atoms with van der Waals surface area (Å²) in [6, 6.07) is -10.4. The predicted octanol–water partition coefficient (Wildman–Crippen LogP) is 1.90. The van der Waals surface area contributed by atoms with Crippen LogP contribution >= 0.6 is 0 Å². The van der Waals surface area contributed by atoms with Gasteiger partial charge in [-0.05, 0) is 96.3 Å². The largest absolute Gasteiger partial charge is 0.466 e. The van der Waals surface area contributed by atoms with Gasteiger partial charge < -0.3 is 96.8 Å². The lowest BCUT2D eigenvalue weighted by atomic mass is 10.1. The van der Waals surface area contributed by atoms with Crippen LogP contribution in [0.15, 0.2) is 0 Å². The van der Waals surface area contributed by atoms with Gasteiger partial charge in [-0.3, -0.25) is 67.1 Å². The number of nitrogens with two attached hydrogens (primary N) is 1. The van der Waals surface area contributed by atoms with Gasteiger partial charge in [0, 0.05) is 44.9 Å². The maximum absolute atomic E-state index is 14.0. The Hall–Kier alpha value is -9.58. The fourth-order valence-electron chi connectivity index (χ4n) is 9.47. The van der Waals surface area contributed by atoms with Gasteiger partial charge in [0.05, 0.1) is 85.1 Å². The first-order valence-electron chi connectivity index (χ1n) is 39.5. The fraction of sp³-hybridized carbons (Fsp3) is 0.760. The average Bonchev–Trinajstić information content (AvgIpc) is 0.897. The van der Waals surface area contributed by atoms with E-state index in [1.807, 2.05) is 55.4 Å². The molecule has 0 aromatic carbocycles. The van der Waals surface area contributed by atoms with E-state index in [9.17, 15) is 86.3 Å². The summed E-state index contributed by atoms with van der Waals surface area (Å²) in [5, 5.41) is 23.9. The van der Waals surface area contributed by atoms with Crippen molar-refractivity contribution in [1.29, 1.82) is 0 Å². The van der Waals surface area contributed by atoms with E-state index < -0.39 is 214 Å². The Balaban J connectivity index is 6.96. The number of unbranched alkanes of at least 4 members (excludes halogenated alkanes) is 8. The molecule has 638 valence electrons. The van der Waals surface area contributed by atoms with E-state index >= 15 is 0 Å². The molecular formula is C75H127N11O26. The van der Waals surface area contributed by atoms with E-state index in [1.165, 1.54) is 0 Å². The Bertz CT molecular complexity index is 2920. The Morgan fingerprint density at radius 1 is 0.232 bits per heavy atom. The summed E-state index contributed by atoms with van der Waals surface area (Å²) in [5.41, 5.74) is 6.30. The van der Waals surface area contributed by atoms with Crippen molar-refractivity contribution in [3.8, 4) is 0 Å². The quantitative estimate of drug-likeness (QED) is 0.0235. The lowest BCUT2D eigenvalue weighted by molar-refractivity contribution is -0.150. The molecule has 0 saturated carbocycles. The molecule has 0 fully saturated rings. The van der Waals surface area contributed by atoms with Gasteiger partial charge in [-0.2, -0.15) is 0 Å². The SMILES string of the molecule is CCCCOC(=O)CCC(NC(=O)CNC(=O)CCC(NC(=O)CCC(N)C(=O)NC(CCC(=O)NCC(=O)NC(CCC(=O)OCCCC)C(=O)OCCCC)C(=O)NCC(=O)NC(CCC(=O)OCCCC)C(=O)OCCCC)C(=O)NCC(=O)NC(CCC(=O)OCCCC)C(=O)OCCCC)C(=O)OCCCC. The van der Waals surface area contributed by atoms with Crippen LogP contribution in [-0.2, 0) is 124 Å². The average molecular weight is 1600 g/mol. The molecule has 12 N–H and O–H groups in total. The molecule has 10 amide bonds. The van der Waals surface area contributed by atoms with E-state index in [2.05, 4.69) is 53.2 Å². The highest BCUT2D eigenvalue weighted by Gasteiger charge is 2.32. The molecule has 0 aliphatic heterocycles. The first-order valence-corrected chi connectivity index (χ1v) is 39.5. The highest BCUT2D eigenvalue weighted by Crippen LogP contribution is 2.12. The van der Waals surface area contributed by atoms with Crippen molar-refractivity contribution in [3.05, 3.63) is 0 Å². The van der Waals surface area contributed by atoms with Gasteiger partial charge >= 0.3 is 47.8 Å². The van der Waals surface area contributed by atoms with Gasteiger partial charge in [-0.1, -0.05) is 107 Å². The highest BCUT2D eigenvalue weighted by molar-refractivity contribution is 5.96. The van der Waals surface area contributed by atoms with E-state index in [4.69, 9.17) is 43.6 Å². The van der Waals surface area contributed by atoms with Crippen LogP contribution in [0, 0.1) is 0 Å². The summed E-state index contributed by atoms with van der Waals surface area (Å²) in [7, 11) is 0. The topological polar surface area (TPSA) is 527 Å².